The zero-order valence-corrected chi connectivity index (χ0v) is 16.5. The van der Waals surface area contributed by atoms with E-state index < -0.39 is 0 Å². The van der Waals surface area contributed by atoms with Gasteiger partial charge in [-0.2, -0.15) is 0 Å². The first-order valence-electron chi connectivity index (χ1n) is 9.55. The monoisotopic (exact) mass is 359 g/mol. The Kier molecular flexibility index (Phi) is 6.81. The average Bonchev–Trinajstić information content (AvgIpc) is 2.51. The number of carbonyl (C=O) groups excluding carboxylic acids is 2. The van der Waals surface area contributed by atoms with E-state index in [0.29, 0.717) is 13.0 Å². The molecule has 1 aliphatic rings. The predicted molar refractivity (Wildman–Crippen MR) is 106 cm³/mol. The summed E-state index contributed by atoms with van der Waals surface area (Å²) < 4.78 is 0. The van der Waals surface area contributed by atoms with Gasteiger partial charge in [0.25, 0.3) is 0 Å². The molecule has 0 saturated heterocycles. The molecule has 1 aliphatic carbocycles. The van der Waals surface area contributed by atoms with Crippen LogP contribution in [0.4, 0.5) is 5.69 Å². The van der Waals surface area contributed by atoms with Gasteiger partial charge in [0.15, 0.2) is 0 Å². The van der Waals surface area contributed by atoms with Crippen LogP contribution in [0.1, 0.15) is 65.4 Å². The molecule has 1 fully saturated rings. The second kappa shape index (κ2) is 8.67. The Morgan fingerprint density at radius 1 is 1.19 bits per heavy atom. The minimum Gasteiger partial charge on any atom is -0.335 e. The fourth-order valence-electron chi connectivity index (χ4n) is 3.54. The van der Waals surface area contributed by atoms with Crippen LogP contribution in [0, 0.1) is 5.41 Å². The molecular weight excluding hydrogens is 326 g/mol. The van der Waals surface area contributed by atoms with E-state index in [9.17, 15) is 9.59 Å². The lowest BCUT2D eigenvalue weighted by Gasteiger charge is -2.37. The Labute approximate surface area is 157 Å². The zero-order valence-electron chi connectivity index (χ0n) is 16.5. The molecule has 1 aromatic rings. The minimum absolute atomic E-state index is 0.0432. The zero-order chi connectivity index (χ0) is 19.3. The van der Waals surface area contributed by atoms with Gasteiger partial charge in [-0.1, -0.05) is 32.9 Å². The van der Waals surface area contributed by atoms with Crippen LogP contribution < -0.4 is 11.1 Å². The molecule has 0 heterocycles. The molecule has 2 rings (SSSR count). The van der Waals surface area contributed by atoms with Crippen molar-refractivity contribution in [1.82, 2.24) is 4.90 Å². The fraction of sp³-hybridized carbons (Fsp3) is 0.619. The van der Waals surface area contributed by atoms with Crippen molar-refractivity contribution in [3.05, 3.63) is 29.8 Å². The van der Waals surface area contributed by atoms with Crippen molar-refractivity contribution in [2.24, 2.45) is 11.1 Å². The van der Waals surface area contributed by atoms with E-state index in [1.807, 2.05) is 29.2 Å². The van der Waals surface area contributed by atoms with Gasteiger partial charge < -0.3 is 16.0 Å². The Morgan fingerprint density at radius 3 is 2.42 bits per heavy atom. The molecule has 0 aliphatic heterocycles. The third-order valence-corrected chi connectivity index (χ3v) is 4.78. The van der Waals surface area contributed by atoms with Gasteiger partial charge in [-0.3, -0.25) is 9.59 Å². The van der Waals surface area contributed by atoms with E-state index in [4.69, 9.17) is 5.73 Å². The molecule has 0 radical (unpaired) electrons. The largest absolute Gasteiger partial charge is 0.335 e. The van der Waals surface area contributed by atoms with E-state index >= 15 is 0 Å². The highest BCUT2D eigenvalue weighted by atomic mass is 16.2. The van der Waals surface area contributed by atoms with E-state index in [1.165, 1.54) is 6.92 Å². The number of nitrogens with zero attached hydrogens (tertiary/aromatic N) is 1. The van der Waals surface area contributed by atoms with Crippen LogP contribution in [0.15, 0.2) is 24.3 Å². The molecule has 1 saturated carbocycles. The lowest BCUT2D eigenvalue weighted by molar-refractivity contribution is -0.137. The van der Waals surface area contributed by atoms with Gasteiger partial charge in [0.1, 0.15) is 0 Å². The SMILES string of the molecule is CC(=O)Nc1cccc(CN(C(=O)CC(C)(C)C)C2CCC(N)CC2)c1. The van der Waals surface area contributed by atoms with Crippen LogP contribution in [0.3, 0.4) is 0 Å². The van der Waals surface area contributed by atoms with Crippen molar-refractivity contribution in [2.45, 2.75) is 78.4 Å². The third-order valence-electron chi connectivity index (χ3n) is 4.78. The second-order valence-corrected chi connectivity index (χ2v) is 8.71. The molecule has 0 aromatic heterocycles. The number of anilines is 1. The van der Waals surface area contributed by atoms with Crippen molar-refractivity contribution < 1.29 is 9.59 Å². The average molecular weight is 360 g/mol. The Morgan fingerprint density at radius 2 is 1.85 bits per heavy atom. The molecular formula is C21H33N3O2. The summed E-state index contributed by atoms with van der Waals surface area (Å²) in [6.45, 7) is 8.35. The maximum absolute atomic E-state index is 13.0. The molecule has 0 atom stereocenters. The molecule has 5 nitrogen and oxygen atoms in total. The summed E-state index contributed by atoms with van der Waals surface area (Å²) in [4.78, 5) is 26.4. The van der Waals surface area contributed by atoms with Crippen LogP contribution in [-0.2, 0) is 16.1 Å². The first-order chi connectivity index (χ1) is 12.1. The summed E-state index contributed by atoms with van der Waals surface area (Å²) in [6.07, 6.45) is 4.39. The topological polar surface area (TPSA) is 75.4 Å². The summed E-state index contributed by atoms with van der Waals surface area (Å²) >= 11 is 0. The Bertz CT molecular complexity index is 628. The lowest BCUT2D eigenvalue weighted by atomic mass is 9.88. The molecule has 3 N–H and O–H groups in total. The predicted octanol–water partition coefficient (Wildman–Crippen LogP) is 3.68. The normalized spacial score (nSPS) is 20.5. The third kappa shape index (κ3) is 6.45. The summed E-state index contributed by atoms with van der Waals surface area (Å²) in [5.74, 6) is 0.104. The number of hydrogen-bond donors (Lipinski definition) is 2. The van der Waals surface area contributed by atoms with Crippen LogP contribution >= 0.6 is 0 Å². The minimum atomic E-state index is -0.0934. The van der Waals surface area contributed by atoms with E-state index in [2.05, 4.69) is 26.1 Å². The summed E-state index contributed by atoms with van der Waals surface area (Å²) in [6, 6.07) is 8.25. The highest BCUT2D eigenvalue weighted by Crippen LogP contribution is 2.28. The number of benzene rings is 1. The summed E-state index contributed by atoms with van der Waals surface area (Å²) in [5.41, 5.74) is 7.81. The number of carbonyl (C=O) groups is 2. The molecule has 26 heavy (non-hydrogen) atoms. The van der Waals surface area contributed by atoms with Gasteiger partial charge >= 0.3 is 0 Å². The number of amides is 2. The van der Waals surface area contributed by atoms with E-state index in [1.54, 1.807) is 0 Å². The Balaban J connectivity index is 2.17. The lowest BCUT2D eigenvalue weighted by Crippen LogP contribution is -2.44. The summed E-state index contributed by atoms with van der Waals surface area (Å²) in [7, 11) is 0. The van der Waals surface area contributed by atoms with Crippen LogP contribution in [0.25, 0.3) is 0 Å². The summed E-state index contributed by atoms with van der Waals surface area (Å²) in [5, 5.41) is 2.81. The van der Waals surface area contributed by atoms with Gasteiger partial charge in [-0.05, 0) is 48.8 Å². The first-order valence-corrected chi connectivity index (χ1v) is 9.55. The van der Waals surface area contributed by atoms with Crippen LogP contribution in [0.5, 0.6) is 0 Å². The smallest absolute Gasteiger partial charge is 0.223 e. The van der Waals surface area contributed by atoms with Gasteiger partial charge in [0.2, 0.25) is 11.8 Å². The molecule has 0 spiro atoms. The second-order valence-electron chi connectivity index (χ2n) is 8.71. The number of nitrogens with one attached hydrogen (secondary N) is 1. The molecule has 144 valence electrons. The van der Waals surface area contributed by atoms with Gasteiger partial charge in [0.05, 0.1) is 0 Å². The van der Waals surface area contributed by atoms with Crippen molar-refractivity contribution in [3.63, 3.8) is 0 Å². The Hall–Kier alpha value is -1.88. The van der Waals surface area contributed by atoms with E-state index in [0.717, 1.165) is 36.9 Å². The van der Waals surface area contributed by atoms with Gasteiger partial charge in [-0.15, -0.1) is 0 Å². The molecule has 5 heteroatoms. The molecule has 0 bridgehead atoms. The van der Waals surface area contributed by atoms with Gasteiger partial charge in [-0.25, -0.2) is 0 Å². The van der Waals surface area contributed by atoms with Gasteiger partial charge in [0, 0.05) is 37.7 Å². The molecule has 2 amide bonds. The quantitative estimate of drug-likeness (QED) is 0.842. The van der Waals surface area contributed by atoms with Crippen LogP contribution in [-0.4, -0.2) is 28.8 Å². The van der Waals surface area contributed by atoms with Crippen molar-refractivity contribution in [3.8, 4) is 0 Å². The fourth-order valence-corrected chi connectivity index (χ4v) is 3.54. The highest BCUT2D eigenvalue weighted by Gasteiger charge is 2.30. The highest BCUT2D eigenvalue weighted by molar-refractivity contribution is 5.88. The van der Waals surface area contributed by atoms with Crippen molar-refractivity contribution >= 4 is 17.5 Å². The first kappa shape index (κ1) is 20.4. The van der Waals surface area contributed by atoms with Crippen molar-refractivity contribution in [2.75, 3.05) is 5.32 Å². The standard InChI is InChI=1S/C21H33N3O2/c1-15(25)23-18-7-5-6-16(12-18)14-24(20(26)13-21(2,3)4)19-10-8-17(22)9-11-19/h5-7,12,17,19H,8-11,13-14,22H2,1-4H3,(H,23,25). The number of rotatable bonds is 5. The maximum Gasteiger partial charge on any atom is 0.223 e. The molecule has 0 unspecified atom stereocenters. The molecule has 1 aromatic carbocycles. The number of hydrogen-bond acceptors (Lipinski definition) is 3. The number of nitrogens with two attached hydrogens (primary N) is 1. The van der Waals surface area contributed by atoms with Crippen molar-refractivity contribution in [1.29, 1.82) is 0 Å². The maximum atomic E-state index is 13.0. The van der Waals surface area contributed by atoms with Crippen LogP contribution in [0.2, 0.25) is 0 Å². The van der Waals surface area contributed by atoms with E-state index in [-0.39, 0.29) is 29.3 Å².